The molecule has 0 aliphatic carbocycles. The number of carbonyl (C=O) groups excluding carboxylic acids is 1. The fraction of sp³-hybridized carbons (Fsp3) is 0.519. The van der Waals surface area contributed by atoms with Crippen LogP contribution < -0.4 is 21.1 Å². The van der Waals surface area contributed by atoms with Gasteiger partial charge in [0.1, 0.15) is 11.4 Å². The Labute approximate surface area is 229 Å². The van der Waals surface area contributed by atoms with E-state index in [1.165, 1.54) is 0 Å². The number of pyridine rings is 1. The number of hydrogen-bond donors (Lipinski definition) is 3. The van der Waals surface area contributed by atoms with Crippen molar-refractivity contribution in [2.24, 2.45) is 0 Å². The van der Waals surface area contributed by atoms with Crippen LogP contribution in [0, 0.1) is 6.92 Å². The SMILES string of the molecule is COC1(C(=O)N(C)[C@@H](C)c2ccc(-n3cccn3)nc2)CCN(c2nc(C)cc(NC3CC(C)NN3)n2)CC1. The third-order valence-corrected chi connectivity index (χ3v) is 7.79. The minimum atomic E-state index is -0.900. The van der Waals surface area contributed by atoms with Gasteiger partial charge in [0.05, 0.1) is 12.2 Å². The number of aryl methyl sites for hydroxylation is 1. The average molecular weight is 535 g/mol. The van der Waals surface area contributed by atoms with E-state index in [1.54, 1.807) is 29.1 Å². The molecule has 5 heterocycles. The van der Waals surface area contributed by atoms with Crippen molar-refractivity contribution in [1.29, 1.82) is 0 Å². The van der Waals surface area contributed by atoms with Crippen LogP contribution in [0.3, 0.4) is 0 Å². The molecule has 0 saturated carbocycles. The molecule has 3 aromatic heterocycles. The number of nitrogens with zero attached hydrogens (tertiary/aromatic N) is 7. The minimum Gasteiger partial charge on any atom is -0.368 e. The largest absolute Gasteiger partial charge is 0.368 e. The highest BCUT2D eigenvalue weighted by Gasteiger charge is 2.44. The molecule has 12 nitrogen and oxygen atoms in total. The van der Waals surface area contributed by atoms with E-state index < -0.39 is 5.60 Å². The Morgan fingerprint density at radius 1 is 1.26 bits per heavy atom. The number of hydrogen-bond acceptors (Lipinski definition) is 10. The summed E-state index contributed by atoms with van der Waals surface area (Å²) in [5.74, 6) is 2.15. The molecule has 3 atom stereocenters. The molecule has 2 aliphatic rings. The molecule has 5 rings (SSSR count). The van der Waals surface area contributed by atoms with Crippen molar-refractivity contribution in [3.63, 3.8) is 0 Å². The standard InChI is InChI=1S/C27H38N10O2/c1-18-15-22(31-23-16-19(2)33-34-23)32-26(30-18)36-13-9-27(39-5,10-14-36)25(38)35(4)20(3)21-7-8-24(28-17-21)37-12-6-11-29-37/h6-8,11-12,15,17,19-20,23,33-34H,9-10,13-14,16H2,1-5H3,(H,30,31,32)/t19?,20-,23?/m0/s1. The van der Waals surface area contributed by atoms with E-state index >= 15 is 0 Å². The molecule has 208 valence electrons. The number of anilines is 2. The monoisotopic (exact) mass is 534 g/mol. The van der Waals surface area contributed by atoms with Crippen molar-refractivity contribution in [1.82, 2.24) is 40.5 Å². The van der Waals surface area contributed by atoms with E-state index in [4.69, 9.17) is 9.72 Å². The van der Waals surface area contributed by atoms with Gasteiger partial charge in [0.15, 0.2) is 5.82 Å². The smallest absolute Gasteiger partial charge is 0.255 e. The molecule has 3 aromatic rings. The van der Waals surface area contributed by atoms with Gasteiger partial charge in [-0.15, -0.1) is 0 Å². The van der Waals surface area contributed by atoms with E-state index in [2.05, 4.69) is 43.1 Å². The normalized spacial score (nSPS) is 21.5. The maximum Gasteiger partial charge on any atom is 0.255 e. The Balaban J connectivity index is 1.24. The number of rotatable bonds is 8. The van der Waals surface area contributed by atoms with Crippen LogP contribution in [0.2, 0.25) is 0 Å². The van der Waals surface area contributed by atoms with Crippen LogP contribution in [0.5, 0.6) is 0 Å². The molecule has 0 radical (unpaired) electrons. The van der Waals surface area contributed by atoms with E-state index in [9.17, 15) is 4.79 Å². The van der Waals surface area contributed by atoms with Gasteiger partial charge in [-0.1, -0.05) is 6.07 Å². The number of methoxy groups -OCH3 is 1. The number of aromatic nitrogens is 5. The van der Waals surface area contributed by atoms with Gasteiger partial charge in [0.25, 0.3) is 5.91 Å². The second kappa shape index (κ2) is 11.2. The molecule has 0 aromatic carbocycles. The molecule has 2 saturated heterocycles. The molecule has 2 aliphatic heterocycles. The number of piperidine rings is 1. The second-order valence-corrected chi connectivity index (χ2v) is 10.5. The van der Waals surface area contributed by atoms with E-state index in [1.807, 2.05) is 51.4 Å². The van der Waals surface area contributed by atoms with Gasteiger partial charge in [-0.2, -0.15) is 10.1 Å². The molecule has 39 heavy (non-hydrogen) atoms. The number of likely N-dealkylation sites (N-methyl/N-ethyl adjacent to an activating group) is 1. The number of carbonyl (C=O) groups is 1. The highest BCUT2D eigenvalue weighted by atomic mass is 16.5. The first kappa shape index (κ1) is 27.0. The molecule has 1 amide bonds. The first-order chi connectivity index (χ1) is 18.8. The van der Waals surface area contributed by atoms with Crippen LogP contribution >= 0.6 is 0 Å². The summed E-state index contributed by atoms with van der Waals surface area (Å²) < 4.78 is 7.64. The van der Waals surface area contributed by atoms with Gasteiger partial charge >= 0.3 is 0 Å². The molecule has 0 bridgehead atoms. The predicted octanol–water partition coefficient (Wildman–Crippen LogP) is 2.20. The zero-order valence-corrected chi connectivity index (χ0v) is 23.3. The van der Waals surface area contributed by atoms with Crippen LogP contribution in [-0.4, -0.2) is 80.6 Å². The van der Waals surface area contributed by atoms with E-state index in [0.29, 0.717) is 37.9 Å². The van der Waals surface area contributed by atoms with Gasteiger partial charge < -0.3 is 19.9 Å². The molecule has 3 N–H and O–H groups in total. The van der Waals surface area contributed by atoms with Gasteiger partial charge in [-0.05, 0) is 44.9 Å². The van der Waals surface area contributed by atoms with Crippen molar-refractivity contribution in [3.05, 3.63) is 54.1 Å². The van der Waals surface area contributed by atoms with Gasteiger partial charge in [0, 0.05) is 76.5 Å². The Bertz CT molecular complexity index is 1260. The Hall–Kier alpha value is -3.61. The summed E-state index contributed by atoms with van der Waals surface area (Å²) in [5.41, 5.74) is 7.40. The van der Waals surface area contributed by atoms with E-state index in [-0.39, 0.29) is 18.1 Å². The van der Waals surface area contributed by atoms with Crippen molar-refractivity contribution in [3.8, 4) is 5.82 Å². The average Bonchev–Trinajstić information content (AvgIpc) is 3.64. The summed E-state index contributed by atoms with van der Waals surface area (Å²) in [6, 6.07) is 7.93. The Morgan fingerprint density at radius 2 is 2.05 bits per heavy atom. The summed E-state index contributed by atoms with van der Waals surface area (Å²) in [6.45, 7) is 7.34. The summed E-state index contributed by atoms with van der Waals surface area (Å²) in [6.07, 6.45) is 7.51. The molecule has 2 fully saturated rings. The zero-order valence-electron chi connectivity index (χ0n) is 23.3. The second-order valence-electron chi connectivity index (χ2n) is 10.5. The first-order valence-corrected chi connectivity index (χ1v) is 13.4. The summed E-state index contributed by atoms with van der Waals surface area (Å²) in [5, 5.41) is 7.66. The van der Waals surface area contributed by atoms with Crippen LogP contribution in [0.15, 0.2) is 42.9 Å². The fourth-order valence-electron chi connectivity index (χ4n) is 5.23. The zero-order chi connectivity index (χ0) is 27.6. The lowest BCUT2D eigenvalue weighted by molar-refractivity contribution is -0.158. The van der Waals surface area contributed by atoms with Gasteiger partial charge in [0.2, 0.25) is 5.95 Å². The van der Waals surface area contributed by atoms with Crippen molar-refractivity contribution in [2.75, 3.05) is 37.5 Å². The molecule has 12 heteroatoms. The Kier molecular flexibility index (Phi) is 7.78. The summed E-state index contributed by atoms with van der Waals surface area (Å²) >= 11 is 0. The predicted molar refractivity (Wildman–Crippen MR) is 148 cm³/mol. The van der Waals surface area contributed by atoms with Crippen molar-refractivity contribution in [2.45, 2.75) is 63.9 Å². The van der Waals surface area contributed by atoms with Crippen LogP contribution in [0.4, 0.5) is 11.8 Å². The maximum atomic E-state index is 13.8. The quantitative estimate of drug-likeness (QED) is 0.396. The van der Waals surface area contributed by atoms with E-state index in [0.717, 1.165) is 29.3 Å². The molecular formula is C27H38N10O2. The minimum absolute atomic E-state index is 0.0326. The number of nitrogens with one attached hydrogen (secondary N) is 3. The Morgan fingerprint density at radius 3 is 2.67 bits per heavy atom. The first-order valence-electron chi connectivity index (χ1n) is 13.4. The third-order valence-electron chi connectivity index (χ3n) is 7.79. The van der Waals surface area contributed by atoms with Crippen LogP contribution in [-0.2, 0) is 9.53 Å². The topological polar surface area (TPSA) is 125 Å². The van der Waals surface area contributed by atoms with Crippen molar-refractivity contribution < 1.29 is 9.53 Å². The maximum absolute atomic E-state index is 13.8. The molecule has 2 unspecified atom stereocenters. The number of ether oxygens (including phenoxy) is 1. The van der Waals surface area contributed by atoms with Crippen LogP contribution in [0.25, 0.3) is 5.82 Å². The lowest BCUT2D eigenvalue weighted by Crippen LogP contribution is -2.56. The lowest BCUT2D eigenvalue weighted by Gasteiger charge is -2.42. The third kappa shape index (κ3) is 5.72. The van der Waals surface area contributed by atoms with Crippen molar-refractivity contribution >= 4 is 17.7 Å². The lowest BCUT2D eigenvalue weighted by atomic mass is 9.89. The number of hydrazine groups is 1. The van der Waals surface area contributed by atoms with Gasteiger partial charge in [-0.25, -0.2) is 20.1 Å². The van der Waals surface area contributed by atoms with Gasteiger partial charge in [-0.3, -0.25) is 10.2 Å². The van der Waals surface area contributed by atoms with Crippen LogP contribution in [0.1, 0.15) is 50.4 Å². The fourth-order valence-corrected chi connectivity index (χ4v) is 5.23. The summed E-state index contributed by atoms with van der Waals surface area (Å²) in [4.78, 5) is 31.7. The highest BCUT2D eigenvalue weighted by molar-refractivity contribution is 5.86. The summed E-state index contributed by atoms with van der Waals surface area (Å²) in [7, 11) is 3.46. The molecule has 0 spiro atoms. The highest BCUT2D eigenvalue weighted by Crippen LogP contribution is 2.32. The molecular weight excluding hydrogens is 496 g/mol. The number of amides is 1.